The molecular formula is C7H10F3I. The van der Waals surface area contributed by atoms with Crippen molar-refractivity contribution in [2.24, 2.45) is 0 Å². The van der Waals surface area contributed by atoms with E-state index in [1.807, 2.05) is 22.6 Å². The van der Waals surface area contributed by atoms with Crippen LogP contribution < -0.4 is 0 Å². The summed E-state index contributed by atoms with van der Waals surface area (Å²) in [4.78, 5) is 0. The first-order valence-electron chi connectivity index (χ1n) is 3.27. The zero-order chi connectivity index (χ0) is 8.91. The molecule has 0 fully saturated rings. The summed E-state index contributed by atoms with van der Waals surface area (Å²) in [5.41, 5.74) is 0. The highest BCUT2D eigenvalue weighted by Gasteiger charge is 2.30. The van der Waals surface area contributed by atoms with E-state index in [4.69, 9.17) is 0 Å². The van der Waals surface area contributed by atoms with Crippen molar-refractivity contribution >= 4 is 22.6 Å². The Morgan fingerprint density at radius 3 is 2.36 bits per heavy atom. The fraction of sp³-hybridized carbons (Fsp3) is 0.714. The highest BCUT2D eigenvalue weighted by molar-refractivity contribution is 14.1. The molecule has 11 heavy (non-hydrogen) atoms. The third-order valence-corrected chi connectivity index (χ3v) is 2.20. The van der Waals surface area contributed by atoms with Gasteiger partial charge in [-0.2, -0.15) is 13.2 Å². The number of allylic oxidation sites excluding steroid dienone is 1. The Bertz CT molecular complexity index is 119. The topological polar surface area (TPSA) is 0 Å². The molecule has 0 amide bonds. The average molecular weight is 278 g/mol. The van der Waals surface area contributed by atoms with E-state index in [1.54, 1.807) is 6.08 Å². The van der Waals surface area contributed by atoms with E-state index in [2.05, 4.69) is 6.58 Å². The molecule has 0 aromatic carbocycles. The van der Waals surface area contributed by atoms with E-state index in [9.17, 15) is 13.2 Å². The van der Waals surface area contributed by atoms with Gasteiger partial charge in [0.15, 0.2) is 0 Å². The summed E-state index contributed by atoms with van der Waals surface area (Å²) in [5, 5.41) is 0. The largest absolute Gasteiger partial charge is 0.390 e. The predicted octanol–water partition coefficient (Wildman–Crippen LogP) is 3.71. The molecule has 66 valence electrons. The van der Waals surface area contributed by atoms with Crippen LogP contribution in [0.1, 0.15) is 19.3 Å². The monoisotopic (exact) mass is 278 g/mol. The Labute approximate surface area is 78.0 Å². The summed E-state index contributed by atoms with van der Waals surface area (Å²) in [5.74, 6) is 0. The molecule has 0 N–H and O–H groups in total. The van der Waals surface area contributed by atoms with Gasteiger partial charge in [-0.1, -0.05) is 28.7 Å². The Morgan fingerprint density at radius 1 is 1.45 bits per heavy atom. The molecule has 0 radical (unpaired) electrons. The summed E-state index contributed by atoms with van der Waals surface area (Å²) in [6.45, 7) is 3.44. The molecule has 0 nitrogen and oxygen atoms in total. The van der Waals surface area contributed by atoms with E-state index in [-0.39, 0.29) is 3.92 Å². The van der Waals surface area contributed by atoms with Crippen LogP contribution >= 0.6 is 22.6 Å². The molecule has 0 aliphatic rings. The van der Waals surface area contributed by atoms with E-state index in [0.29, 0.717) is 12.8 Å². The van der Waals surface area contributed by atoms with Gasteiger partial charge in [0.25, 0.3) is 0 Å². The van der Waals surface area contributed by atoms with Gasteiger partial charge in [-0.3, -0.25) is 0 Å². The molecule has 1 unspecified atom stereocenters. The molecule has 0 bridgehead atoms. The third-order valence-electron chi connectivity index (χ3n) is 1.14. The van der Waals surface area contributed by atoms with Gasteiger partial charge in [0.1, 0.15) is 0 Å². The average Bonchev–Trinajstić information content (AvgIpc) is 1.79. The smallest absolute Gasteiger partial charge is 0.171 e. The van der Waals surface area contributed by atoms with Crippen LogP contribution in [0.15, 0.2) is 12.7 Å². The lowest BCUT2D eigenvalue weighted by molar-refractivity contribution is -0.133. The molecule has 0 spiro atoms. The predicted molar refractivity (Wildman–Crippen MR) is 47.9 cm³/mol. The van der Waals surface area contributed by atoms with E-state index in [0.717, 1.165) is 0 Å². The van der Waals surface area contributed by atoms with Gasteiger partial charge in [0, 0.05) is 3.92 Å². The number of halogens is 4. The lowest BCUT2D eigenvalue weighted by atomic mass is 10.2. The standard InChI is InChI=1S/C7H10F3I/c1-2-3-4-6(11)5-7(8,9)10/h2,6H,1,3-5H2. The Kier molecular flexibility index (Phi) is 5.12. The van der Waals surface area contributed by atoms with Crippen LogP contribution in [0, 0.1) is 0 Å². The number of hydrogen-bond donors (Lipinski definition) is 0. The van der Waals surface area contributed by atoms with Crippen molar-refractivity contribution in [3.8, 4) is 0 Å². The number of alkyl halides is 4. The fourth-order valence-corrected chi connectivity index (χ4v) is 1.51. The minimum absolute atomic E-state index is 0.314. The summed E-state index contributed by atoms with van der Waals surface area (Å²) in [6.07, 6.45) is -1.86. The van der Waals surface area contributed by atoms with Crippen LogP contribution in [0.2, 0.25) is 0 Å². The van der Waals surface area contributed by atoms with Gasteiger partial charge in [-0.05, 0) is 12.8 Å². The first kappa shape index (κ1) is 11.3. The van der Waals surface area contributed by atoms with Crippen LogP contribution in [0.3, 0.4) is 0 Å². The highest BCUT2D eigenvalue weighted by atomic mass is 127. The van der Waals surface area contributed by atoms with E-state index in [1.165, 1.54) is 0 Å². The molecule has 0 rings (SSSR count). The van der Waals surface area contributed by atoms with Crippen molar-refractivity contribution in [2.75, 3.05) is 0 Å². The molecule has 0 saturated carbocycles. The second-order valence-electron chi connectivity index (χ2n) is 2.28. The normalized spacial score (nSPS) is 14.5. The van der Waals surface area contributed by atoms with Crippen LogP contribution in [-0.2, 0) is 0 Å². The summed E-state index contributed by atoms with van der Waals surface area (Å²) in [6, 6.07) is 0. The van der Waals surface area contributed by atoms with E-state index < -0.39 is 12.6 Å². The van der Waals surface area contributed by atoms with Gasteiger partial charge < -0.3 is 0 Å². The molecule has 0 aromatic rings. The quantitative estimate of drug-likeness (QED) is 0.418. The minimum Gasteiger partial charge on any atom is -0.171 e. The zero-order valence-corrected chi connectivity index (χ0v) is 8.15. The van der Waals surface area contributed by atoms with Crippen molar-refractivity contribution in [3.63, 3.8) is 0 Å². The van der Waals surface area contributed by atoms with Gasteiger partial charge in [-0.15, -0.1) is 6.58 Å². The maximum Gasteiger partial charge on any atom is 0.390 e. The molecule has 1 atom stereocenters. The molecule has 0 aliphatic heterocycles. The van der Waals surface area contributed by atoms with Crippen LogP contribution in [0.25, 0.3) is 0 Å². The third kappa shape index (κ3) is 8.16. The summed E-state index contributed by atoms with van der Waals surface area (Å²) < 4.78 is 34.8. The fourth-order valence-electron chi connectivity index (χ4n) is 0.652. The molecule has 0 aliphatic carbocycles. The molecule has 0 aromatic heterocycles. The van der Waals surface area contributed by atoms with Crippen molar-refractivity contribution in [2.45, 2.75) is 29.4 Å². The van der Waals surface area contributed by atoms with Gasteiger partial charge >= 0.3 is 6.18 Å². The second kappa shape index (κ2) is 5.00. The Hall–Kier alpha value is 0.260. The summed E-state index contributed by atoms with van der Waals surface area (Å²) in [7, 11) is 0. The van der Waals surface area contributed by atoms with E-state index >= 15 is 0 Å². The maximum atomic E-state index is 11.7. The lowest BCUT2D eigenvalue weighted by Crippen LogP contribution is -2.14. The van der Waals surface area contributed by atoms with Crippen molar-refractivity contribution in [1.29, 1.82) is 0 Å². The highest BCUT2D eigenvalue weighted by Crippen LogP contribution is 2.27. The maximum absolute atomic E-state index is 11.7. The zero-order valence-electron chi connectivity index (χ0n) is 5.99. The number of hydrogen-bond acceptors (Lipinski definition) is 0. The van der Waals surface area contributed by atoms with Gasteiger partial charge in [-0.25, -0.2) is 0 Å². The molecule has 0 saturated heterocycles. The summed E-state index contributed by atoms with van der Waals surface area (Å²) >= 11 is 1.82. The first-order valence-corrected chi connectivity index (χ1v) is 4.52. The van der Waals surface area contributed by atoms with Crippen LogP contribution in [0.5, 0.6) is 0 Å². The minimum atomic E-state index is -4.02. The van der Waals surface area contributed by atoms with Crippen molar-refractivity contribution in [1.82, 2.24) is 0 Å². The molecule has 0 heterocycles. The number of rotatable bonds is 4. The Morgan fingerprint density at radius 2 is 2.00 bits per heavy atom. The molecular weight excluding hydrogens is 268 g/mol. The Balaban J connectivity index is 3.51. The van der Waals surface area contributed by atoms with Crippen LogP contribution in [0.4, 0.5) is 13.2 Å². The van der Waals surface area contributed by atoms with Gasteiger partial charge in [0.05, 0.1) is 6.42 Å². The lowest BCUT2D eigenvalue weighted by Gasteiger charge is -2.10. The van der Waals surface area contributed by atoms with Gasteiger partial charge in [0.2, 0.25) is 0 Å². The SMILES string of the molecule is C=CCCC(I)CC(F)(F)F. The van der Waals surface area contributed by atoms with Crippen molar-refractivity contribution in [3.05, 3.63) is 12.7 Å². The van der Waals surface area contributed by atoms with Crippen molar-refractivity contribution < 1.29 is 13.2 Å². The van der Waals surface area contributed by atoms with Crippen LogP contribution in [-0.4, -0.2) is 10.1 Å². The second-order valence-corrected chi connectivity index (χ2v) is 4.04. The first-order chi connectivity index (χ1) is 4.95. The molecule has 4 heteroatoms.